The summed E-state index contributed by atoms with van der Waals surface area (Å²) < 4.78 is 4.95. The highest BCUT2D eigenvalue weighted by molar-refractivity contribution is 5.87. The summed E-state index contributed by atoms with van der Waals surface area (Å²) in [6.45, 7) is 14.6. The largest absolute Gasteiger partial charge is 0.478 e. The van der Waals surface area contributed by atoms with Crippen LogP contribution in [-0.4, -0.2) is 28.1 Å². The SMILES string of the molecule is C=C(C)C(=O)O.C=C(C)C(=O)O.C=C(C)C(=O)OCc1ccccc1. The number of carboxylic acid groups (broad SMARTS) is 2. The molecule has 6 heteroatoms. The van der Waals surface area contributed by atoms with E-state index in [4.69, 9.17) is 14.9 Å². The van der Waals surface area contributed by atoms with E-state index in [0.717, 1.165) is 5.56 Å². The lowest BCUT2D eigenvalue weighted by Gasteiger charge is -2.03. The zero-order chi connectivity index (χ0) is 20.0. The Kier molecular flexibility index (Phi) is 12.8. The van der Waals surface area contributed by atoms with Crippen LogP contribution in [0.3, 0.4) is 0 Å². The Morgan fingerprint density at radius 3 is 1.48 bits per heavy atom. The summed E-state index contributed by atoms with van der Waals surface area (Å²) in [5, 5.41) is 15.8. The highest BCUT2D eigenvalue weighted by atomic mass is 16.5. The predicted molar refractivity (Wildman–Crippen MR) is 96.0 cm³/mol. The van der Waals surface area contributed by atoms with Crippen LogP contribution in [0.15, 0.2) is 66.8 Å². The third kappa shape index (κ3) is 15.5. The summed E-state index contributed by atoms with van der Waals surface area (Å²) in [6, 6.07) is 9.55. The molecule has 0 aromatic heterocycles. The highest BCUT2D eigenvalue weighted by Crippen LogP contribution is 2.02. The topological polar surface area (TPSA) is 101 Å². The van der Waals surface area contributed by atoms with Gasteiger partial charge in [-0.2, -0.15) is 0 Å². The normalized spacial score (nSPS) is 8.44. The van der Waals surface area contributed by atoms with Crippen molar-refractivity contribution in [2.24, 2.45) is 0 Å². The van der Waals surface area contributed by atoms with Crippen molar-refractivity contribution < 1.29 is 29.3 Å². The summed E-state index contributed by atoms with van der Waals surface area (Å²) in [5.41, 5.74) is 1.76. The minimum Gasteiger partial charge on any atom is -0.478 e. The minimum atomic E-state index is -0.935. The number of carbonyl (C=O) groups excluding carboxylic acids is 1. The fraction of sp³-hybridized carbons (Fsp3) is 0.211. The smallest absolute Gasteiger partial charge is 0.333 e. The van der Waals surface area contributed by atoms with E-state index in [1.54, 1.807) is 6.92 Å². The van der Waals surface area contributed by atoms with Crippen LogP contribution in [0, 0.1) is 0 Å². The number of hydrogen-bond donors (Lipinski definition) is 2. The number of ether oxygens (including phenoxy) is 1. The molecule has 0 unspecified atom stereocenters. The Morgan fingerprint density at radius 1 is 0.840 bits per heavy atom. The van der Waals surface area contributed by atoms with E-state index in [2.05, 4.69) is 19.7 Å². The maximum atomic E-state index is 11.0. The fourth-order valence-corrected chi connectivity index (χ4v) is 0.846. The quantitative estimate of drug-likeness (QED) is 0.623. The van der Waals surface area contributed by atoms with Crippen LogP contribution in [0.4, 0.5) is 0 Å². The van der Waals surface area contributed by atoms with Gasteiger partial charge in [-0.1, -0.05) is 50.1 Å². The van der Waals surface area contributed by atoms with Gasteiger partial charge in [-0.3, -0.25) is 0 Å². The summed E-state index contributed by atoms with van der Waals surface area (Å²) in [4.78, 5) is 30.2. The van der Waals surface area contributed by atoms with Gasteiger partial charge in [0.2, 0.25) is 0 Å². The first kappa shape index (κ1) is 24.1. The van der Waals surface area contributed by atoms with Crippen LogP contribution < -0.4 is 0 Å². The van der Waals surface area contributed by atoms with Crippen molar-refractivity contribution in [2.45, 2.75) is 27.4 Å². The molecule has 2 N–H and O–H groups in total. The molecule has 0 saturated carbocycles. The van der Waals surface area contributed by atoms with Gasteiger partial charge in [0.1, 0.15) is 6.61 Å². The number of hydrogen-bond acceptors (Lipinski definition) is 4. The second-order valence-electron chi connectivity index (χ2n) is 5.01. The number of esters is 1. The number of carbonyl (C=O) groups is 3. The fourth-order valence-electron chi connectivity index (χ4n) is 0.846. The van der Waals surface area contributed by atoms with Gasteiger partial charge in [-0.15, -0.1) is 0 Å². The molecule has 1 aromatic carbocycles. The first-order chi connectivity index (χ1) is 11.5. The number of carboxylic acids is 2. The van der Waals surface area contributed by atoms with Gasteiger partial charge in [0.05, 0.1) is 0 Å². The van der Waals surface area contributed by atoms with E-state index in [9.17, 15) is 14.4 Å². The molecule has 0 amide bonds. The summed E-state index contributed by atoms with van der Waals surface area (Å²) in [5.74, 6) is -2.21. The van der Waals surface area contributed by atoms with Gasteiger partial charge < -0.3 is 14.9 Å². The molecule has 0 aliphatic heterocycles. The Balaban J connectivity index is 0. The van der Waals surface area contributed by atoms with Gasteiger partial charge in [0, 0.05) is 16.7 Å². The third-order valence-corrected chi connectivity index (χ3v) is 2.29. The van der Waals surface area contributed by atoms with Crippen LogP contribution >= 0.6 is 0 Å². The van der Waals surface area contributed by atoms with E-state index >= 15 is 0 Å². The summed E-state index contributed by atoms with van der Waals surface area (Å²) in [7, 11) is 0. The van der Waals surface area contributed by atoms with E-state index in [0.29, 0.717) is 12.2 Å². The van der Waals surface area contributed by atoms with Crippen molar-refractivity contribution in [3.05, 3.63) is 72.4 Å². The second-order valence-corrected chi connectivity index (χ2v) is 5.01. The third-order valence-electron chi connectivity index (χ3n) is 2.29. The van der Waals surface area contributed by atoms with Crippen molar-refractivity contribution in [2.75, 3.05) is 0 Å². The first-order valence-electron chi connectivity index (χ1n) is 7.13. The molecule has 1 rings (SSSR count). The van der Waals surface area contributed by atoms with Crippen LogP contribution in [-0.2, 0) is 25.7 Å². The Hall–Kier alpha value is -3.15. The van der Waals surface area contributed by atoms with Crippen molar-refractivity contribution in [3.8, 4) is 0 Å². The predicted octanol–water partition coefficient (Wildman–Crippen LogP) is 3.60. The Labute approximate surface area is 147 Å². The molecule has 136 valence electrons. The van der Waals surface area contributed by atoms with Gasteiger partial charge in [0.15, 0.2) is 0 Å². The zero-order valence-electron chi connectivity index (χ0n) is 14.7. The average Bonchev–Trinajstić information content (AvgIpc) is 2.54. The monoisotopic (exact) mass is 348 g/mol. The highest BCUT2D eigenvalue weighted by Gasteiger charge is 2.02. The molecule has 0 atom stereocenters. The lowest BCUT2D eigenvalue weighted by atomic mass is 10.2. The maximum absolute atomic E-state index is 11.0. The van der Waals surface area contributed by atoms with Crippen molar-refractivity contribution >= 4 is 17.9 Å². The molecular weight excluding hydrogens is 324 g/mol. The molecule has 0 radical (unpaired) electrons. The molecule has 0 fully saturated rings. The van der Waals surface area contributed by atoms with E-state index in [1.165, 1.54) is 13.8 Å². The van der Waals surface area contributed by atoms with E-state index in [-0.39, 0.29) is 17.1 Å². The molecule has 0 aliphatic carbocycles. The number of rotatable bonds is 5. The van der Waals surface area contributed by atoms with Gasteiger partial charge in [-0.05, 0) is 26.3 Å². The van der Waals surface area contributed by atoms with E-state index < -0.39 is 11.9 Å². The van der Waals surface area contributed by atoms with Gasteiger partial charge in [-0.25, -0.2) is 14.4 Å². The Morgan fingerprint density at radius 2 is 1.20 bits per heavy atom. The Bertz CT molecular complexity index is 581. The standard InChI is InChI=1S/C11H12O2.2C4H6O2/c1-9(2)11(12)13-8-10-6-4-3-5-7-10;2*1-3(2)4(5)6/h3-7H,1,8H2,2H3;2*1H2,2H3,(H,5,6). The number of aliphatic carboxylic acids is 2. The lowest BCUT2D eigenvalue weighted by molar-refractivity contribution is -0.140. The van der Waals surface area contributed by atoms with Gasteiger partial charge in [0.25, 0.3) is 0 Å². The molecule has 6 nitrogen and oxygen atoms in total. The van der Waals surface area contributed by atoms with Crippen LogP contribution in [0.2, 0.25) is 0 Å². The number of benzene rings is 1. The molecular formula is C19H24O6. The molecule has 0 aliphatic rings. The zero-order valence-corrected chi connectivity index (χ0v) is 14.7. The molecule has 1 aromatic rings. The van der Waals surface area contributed by atoms with Crippen molar-refractivity contribution in [1.82, 2.24) is 0 Å². The van der Waals surface area contributed by atoms with Crippen LogP contribution in [0.5, 0.6) is 0 Å². The average molecular weight is 348 g/mol. The molecule has 0 heterocycles. The minimum absolute atomic E-state index is 0.176. The van der Waals surface area contributed by atoms with Crippen molar-refractivity contribution in [1.29, 1.82) is 0 Å². The second kappa shape index (κ2) is 13.3. The van der Waals surface area contributed by atoms with Crippen LogP contribution in [0.1, 0.15) is 26.3 Å². The summed E-state index contributed by atoms with van der Waals surface area (Å²) >= 11 is 0. The van der Waals surface area contributed by atoms with Crippen LogP contribution in [0.25, 0.3) is 0 Å². The summed E-state index contributed by atoms with van der Waals surface area (Å²) in [6.07, 6.45) is 0. The van der Waals surface area contributed by atoms with Crippen molar-refractivity contribution in [3.63, 3.8) is 0 Å². The molecule has 25 heavy (non-hydrogen) atoms. The van der Waals surface area contributed by atoms with Gasteiger partial charge >= 0.3 is 17.9 Å². The van der Waals surface area contributed by atoms with E-state index in [1.807, 2.05) is 30.3 Å². The molecule has 0 spiro atoms. The first-order valence-corrected chi connectivity index (χ1v) is 7.13. The molecule has 0 saturated heterocycles. The lowest BCUT2D eigenvalue weighted by Crippen LogP contribution is -2.04. The maximum Gasteiger partial charge on any atom is 0.333 e. The molecule has 0 bridgehead atoms.